The van der Waals surface area contributed by atoms with Crippen molar-refractivity contribution in [1.82, 2.24) is 0 Å². The number of thiophene rings is 2. The van der Waals surface area contributed by atoms with E-state index in [9.17, 15) is 0 Å². The van der Waals surface area contributed by atoms with Crippen LogP contribution in [0.2, 0.25) is 0 Å². The Labute approximate surface area is 203 Å². The number of hydrogen-bond donors (Lipinski definition) is 0. The average Bonchev–Trinajstić information content (AvgIpc) is 3.50. The molecule has 2 rings (SSSR count). The van der Waals surface area contributed by atoms with Gasteiger partial charge in [0.25, 0.3) is 0 Å². The van der Waals surface area contributed by atoms with Gasteiger partial charge in [0.15, 0.2) is 0 Å². The average molecular weight is 465 g/mol. The summed E-state index contributed by atoms with van der Waals surface area (Å²) in [5.41, 5.74) is 1.79. The van der Waals surface area contributed by atoms with Crippen molar-refractivity contribution < 1.29 is 0 Å². The van der Waals surface area contributed by atoms with Crippen molar-refractivity contribution in [2.45, 2.75) is 41.5 Å². The Morgan fingerprint density at radius 2 is 1.28 bits per heavy atom. The molecule has 0 amide bonds. The first kappa shape index (κ1) is 29.2. The van der Waals surface area contributed by atoms with Gasteiger partial charge in [-0.3, -0.25) is 9.98 Å². The van der Waals surface area contributed by atoms with E-state index in [0.29, 0.717) is 0 Å². The summed E-state index contributed by atoms with van der Waals surface area (Å²) in [4.78, 5) is 13.7. The predicted octanol–water partition coefficient (Wildman–Crippen LogP) is 9.66. The van der Waals surface area contributed by atoms with Crippen LogP contribution in [0, 0.1) is 0 Å². The van der Waals surface area contributed by atoms with Gasteiger partial charge >= 0.3 is 0 Å². The highest BCUT2D eigenvalue weighted by Crippen LogP contribution is 2.32. The molecule has 2 heterocycles. The van der Waals surface area contributed by atoms with Crippen LogP contribution in [0.5, 0.6) is 0 Å². The largest absolute Gasteiger partial charge is 0.256 e. The molecule has 0 aliphatic carbocycles. The molecule has 32 heavy (non-hydrogen) atoms. The first-order valence-electron chi connectivity index (χ1n) is 10.9. The van der Waals surface area contributed by atoms with Crippen molar-refractivity contribution in [3.8, 4) is 9.75 Å². The summed E-state index contributed by atoms with van der Waals surface area (Å²) < 4.78 is 0. The molecule has 0 spiro atoms. The molecule has 170 valence electrons. The Morgan fingerprint density at radius 3 is 1.72 bits per heavy atom. The lowest BCUT2D eigenvalue weighted by Crippen LogP contribution is -1.76. The van der Waals surface area contributed by atoms with Crippen molar-refractivity contribution in [2.24, 2.45) is 9.98 Å². The molecule has 0 aromatic carbocycles. The summed E-state index contributed by atoms with van der Waals surface area (Å²) in [7, 11) is 0. The lowest BCUT2D eigenvalue weighted by atomic mass is 10.3. The van der Waals surface area contributed by atoms with E-state index in [1.54, 1.807) is 34.8 Å². The van der Waals surface area contributed by atoms with Gasteiger partial charge in [-0.15, -0.1) is 22.7 Å². The van der Waals surface area contributed by atoms with Crippen LogP contribution in [0.4, 0.5) is 0 Å². The Bertz CT molecular complexity index is 977. The highest BCUT2D eigenvalue weighted by atomic mass is 32.1. The zero-order valence-corrected chi connectivity index (χ0v) is 21.8. The number of aliphatic imine (C=N–C) groups is 2. The van der Waals surface area contributed by atoms with Gasteiger partial charge in [-0.25, -0.2) is 0 Å². The van der Waals surface area contributed by atoms with E-state index in [1.807, 2.05) is 90.4 Å². The number of rotatable bonds is 9. The molecule has 0 atom stereocenters. The van der Waals surface area contributed by atoms with Gasteiger partial charge in [-0.05, 0) is 56.3 Å². The Kier molecular flexibility index (Phi) is 17.2. The van der Waals surface area contributed by atoms with Crippen LogP contribution in [0.15, 0.2) is 107 Å². The van der Waals surface area contributed by atoms with Gasteiger partial charge in [0.2, 0.25) is 0 Å². The zero-order valence-electron chi connectivity index (χ0n) is 20.2. The molecule has 0 bridgehead atoms. The molecule has 0 aliphatic rings. The standard InChI is InChI=1S/C24H24N2S2.2C2H6/c1-5-9-12-19(8-4)25-17-21-13-15-23(27-21)24-16-14-22(28-24)18-26-20(10-6-2)11-7-3;2*1-2/h5-18H,1-2H2,3-4H3;2*1-2H3/b11-7-,12-9-,19-8+,20-10+,25-17?,26-18?;;. The summed E-state index contributed by atoms with van der Waals surface area (Å²) in [5, 5.41) is 0. The van der Waals surface area contributed by atoms with E-state index in [4.69, 9.17) is 0 Å². The fourth-order valence-corrected chi connectivity index (χ4v) is 4.05. The monoisotopic (exact) mass is 464 g/mol. The normalized spacial score (nSPS) is 12.2. The highest BCUT2D eigenvalue weighted by molar-refractivity contribution is 7.23. The molecule has 0 saturated heterocycles. The molecular weight excluding hydrogens is 428 g/mol. The van der Waals surface area contributed by atoms with Crippen LogP contribution in [0.25, 0.3) is 9.75 Å². The molecule has 0 fully saturated rings. The summed E-state index contributed by atoms with van der Waals surface area (Å²) in [6.07, 6.45) is 18.9. The van der Waals surface area contributed by atoms with Crippen LogP contribution >= 0.6 is 22.7 Å². The summed E-state index contributed by atoms with van der Waals surface area (Å²) >= 11 is 3.45. The molecule has 0 unspecified atom stereocenters. The maximum Gasteiger partial charge on any atom is 0.0626 e. The van der Waals surface area contributed by atoms with E-state index >= 15 is 0 Å². The third-order valence-electron chi connectivity index (χ3n) is 3.50. The van der Waals surface area contributed by atoms with Gasteiger partial charge in [-0.1, -0.05) is 71.2 Å². The van der Waals surface area contributed by atoms with Crippen LogP contribution in [-0.2, 0) is 0 Å². The van der Waals surface area contributed by atoms with E-state index in [-0.39, 0.29) is 0 Å². The van der Waals surface area contributed by atoms with Crippen LogP contribution in [0.1, 0.15) is 51.3 Å². The lowest BCUT2D eigenvalue weighted by molar-refractivity contribution is 1.39. The molecule has 4 heteroatoms. The van der Waals surface area contributed by atoms with Crippen LogP contribution < -0.4 is 0 Å². The second kappa shape index (κ2) is 18.9. The van der Waals surface area contributed by atoms with Crippen molar-refractivity contribution in [1.29, 1.82) is 0 Å². The summed E-state index contributed by atoms with van der Waals surface area (Å²) in [6, 6.07) is 8.46. The predicted molar refractivity (Wildman–Crippen MR) is 152 cm³/mol. The Morgan fingerprint density at radius 1 is 0.750 bits per heavy atom. The second-order valence-corrected chi connectivity index (χ2v) is 7.79. The van der Waals surface area contributed by atoms with Crippen LogP contribution in [-0.4, -0.2) is 12.4 Å². The molecule has 2 nitrogen and oxygen atoms in total. The fourth-order valence-electron chi connectivity index (χ4n) is 2.20. The molecule has 0 aliphatic heterocycles. The molecule has 0 saturated carbocycles. The maximum absolute atomic E-state index is 4.52. The van der Waals surface area contributed by atoms with Crippen molar-refractivity contribution in [2.75, 3.05) is 0 Å². The Hall–Kier alpha value is -2.82. The number of nitrogens with zero attached hydrogens (tertiary/aromatic N) is 2. The zero-order chi connectivity index (χ0) is 24.2. The smallest absolute Gasteiger partial charge is 0.0626 e. The quantitative estimate of drug-likeness (QED) is 0.261. The SMILES string of the molecule is C=C/C=C\C(=C/C)N=Cc1ccc(-c2ccc(C=NC(/C=C\C)=C/C=C)s2)s1.CC.CC. The Balaban J connectivity index is 0.00000227. The number of allylic oxidation sites excluding steroid dienone is 8. The lowest BCUT2D eigenvalue weighted by Gasteiger charge is -1.92. The van der Waals surface area contributed by atoms with Gasteiger partial charge in [0.1, 0.15) is 0 Å². The topological polar surface area (TPSA) is 24.7 Å². The highest BCUT2D eigenvalue weighted by Gasteiger charge is 2.05. The minimum absolute atomic E-state index is 0.882. The summed E-state index contributed by atoms with van der Waals surface area (Å²) in [6.45, 7) is 19.4. The van der Waals surface area contributed by atoms with E-state index < -0.39 is 0 Å². The van der Waals surface area contributed by atoms with E-state index in [0.717, 1.165) is 21.1 Å². The van der Waals surface area contributed by atoms with Gasteiger partial charge in [-0.2, -0.15) is 0 Å². The van der Waals surface area contributed by atoms with Gasteiger partial charge < -0.3 is 0 Å². The molecular formula is C28H36N2S2. The van der Waals surface area contributed by atoms with Crippen molar-refractivity contribution in [3.05, 3.63) is 107 Å². The van der Waals surface area contributed by atoms with Crippen molar-refractivity contribution in [3.63, 3.8) is 0 Å². The first-order chi connectivity index (χ1) is 15.7. The molecule has 2 aromatic heterocycles. The third-order valence-corrected chi connectivity index (χ3v) is 5.74. The van der Waals surface area contributed by atoms with Gasteiger partial charge in [0, 0.05) is 31.9 Å². The fraction of sp³-hybridized carbons (Fsp3) is 0.214. The second-order valence-electron chi connectivity index (χ2n) is 5.56. The summed E-state index contributed by atoms with van der Waals surface area (Å²) in [5.74, 6) is 0. The third kappa shape index (κ3) is 11.0. The van der Waals surface area contributed by atoms with Crippen molar-refractivity contribution >= 4 is 35.1 Å². The van der Waals surface area contributed by atoms with Crippen LogP contribution in [0.3, 0.4) is 0 Å². The number of hydrogen-bond acceptors (Lipinski definition) is 4. The molecule has 0 N–H and O–H groups in total. The minimum Gasteiger partial charge on any atom is -0.256 e. The molecule has 0 radical (unpaired) electrons. The molecule has 2 aromatic rings. The minimum atomic E-state index is 0.882. The first-order valence-corrected chi connectivity index (χ1v) is 12.5. The van der Waals surface area contributed by atoms with E-state index in [1.165, 1.54) is 9.75 Å². The van der Waals surface area contributed by atoms with E-state index in [2.05, 4.69) is 47.4 Å². The van der Waals surface area contributed by atoms with Gasteiger partial charge in [0.05, 0.1) is 11.4 Å². The maximum atomic E-state index is 4.52.